The minimum absolute atomic E-state index is 0.262. The van der Waals surface area contributed by atoms with Crippen LogP contribution in [0.4, 0.5) is 0 Å². The molecule has 118 valence electrons. The van der Waals surface area contributed by atoms with Crippen LogP contribution in [0, 0.1) is 0 Å². The lowest BCUT2D eigenvalue weighted by molar-refractivity contribution is -0.119. The molecule has 1 atom stereocenters. The first-order valence-corrected chi connectivity index (χ1v) is 11.3. The molecule has 0 bridgehead atoms. The Kier molecular flexibility index (Phi) is 6.39. The fourth-order valence-electron chi connectivity index (χ4n) is 2.82. The second-order valence-corrected chi connectivity index (χ2v) is 13.4. The van der Waals surface area contributed by atoms with Crippen LogP contribution in [0.15, 0.2) is 30.3 Å². The molecule has 1 aromatic carbocycles. The summed E-state index contributed by atoms with van der Waals surface area (Å²) in [5, 5.41) is 0.262. The van der Waals surface area contributed by atoms with Crippen LogP contribution >= 0.6 is 0 Å². The van der Waals surface area contributed by atoms with Gasteiger partial charge in [-0.2, -0.15) is 0 Å². The van der Waals surface area contributed by atoms with Crippen molar-refractivity contribution in [2.75, 3.05) is 0 Å². The molecule has 21 heavy (non-hydrogen) atoms. The second kappa shape index (κ2) is 7.39. The van der Waals surface area contributed by atoms with Crippen LogP contribution < -0.4 is 0 Å². The van der Waals surface area contributed by atoms with E-state index in [1.165, 1.54) is 5.56 Å². The van der Waals surface area contributed by atoms with Crippen molar-refractivity contribution in [3.63, 3.8) is 0 Å². The zero-order chi connectivity index (χ0) is 16.1. The van der Waals surface area contributed by atoms with Crippen molar-refractivity contribution in [2.24, 2.45) is 0 Å². The van der Waals surface area contributed by atoms with Gasteiger partial charge in [0.1, 0.15) is 5.78 Å². The molecule has 1 rings (SSSR count). The van der Waals surface area contributed by atoms with Crippen LogP contribution in [-0.4, -0.2) is 13.9 Å². The Bertz CT molecular complexity index is 442. The fraction of sp³-hybridized carbons (Fsp3) is 0.632. The highest BCUT2D eigenvalue weighted by atomic mass is 28.3. The highest BCUT2D eigenvalue weighted by Gasteiger charge is 2.44. The fourth-order valence-corrected chi connectivity index (χ4v) is 5.68. The minimum atomic E-state index is -1.64. The Morgan fingerprint density at radius 1 is 1.14 bits per heavy atom. The molecule has 0 fully saturated rings. The van der Waals surface area contributed by atoms with Gasteiger partial charge < -0.3 is 0 Å². The largest absolute Gasteiger partial charge is 0.300 e. The quantitative estimate of drug-likeness (QED) is 0.576. The molecule has 0 radical (unpaired) electrons. The van der Waals surface area contributed by atoms with E-state index < -0.39 is 8.07 Å². The maximum absolute atomic E-state index is 12.7. The number of carbonyl (C=O) groups is 1. The molecular weight excluding hydrogens is 272 g/mol. The molecule has 0 saturated carbocycles. The first-order chi connectivity index (χ1) is 9.70. The molecule has 0 aromatic heterocycles. The summed E-state index contributed by atoms with van der Waals surface area (Å²) >= 11 is 0. The summed E-state index contributed by atoms with van der Waals surface area (Å²) in [5.41, 5.74) is 1.63. The van der Waals surface area contributed by atoms with Crippen LogP contribution in [0.1, 0.15) is 52.5 Å². The summed E-state index contributed by atoms with van der Waals surface area (Å²) in [5.74, 6) is 0.500. The van der Waals surface area contributed by atoms with E-state index in [4.69, 9.17) is 0 Å². The first-order valence-electron chi connectivity index (χ1n) is 8.26. The van der Waals surface area contributed by atoms with E-state index in [1.807, 2.05) is 0 Å². The smallest absolute Gasteiger partial charge is 0.133 e. The third kappa shape index (κ3) is 4.81. The number of aryl methyl sites for hydroxylation is 1. The van der Waals surface area contributed by atoms with Crippen LogP contribution in [0.3, 0.4) is 0 Å². The molecule has 2 heteroatoms. The van der Waals surface area contributed by atoms with E-state index >= 15 is 0 Å². The van der Waals surface area contributed by atoms with Gasteiger partial charge in [-0.05, 0) is 29.9 Å². The molecule has 0 unspecified atom stereocenters. The highest BCUT2D eigenvalue weighted by Crippen LogP contribution is 2.46. The molecule has 0 heterocycles. The third-order valence-electron chi connectivity index (χ3n) is 5.25. The van der Waals surface area contributed by atoms with Crippen LogP contribution in [0.25, 0.3) is 0 Å². The molecular formula is C19H32OSi. The van der Waals surface area contributed by atoms with Gasteiger partial charge in [-0.1, -0.05) is 71.1 Å². The van der Waals surface area contributed by atoms with Gasteiger partial charge in [0.05, 0.1) is 8.07 Å². The number of rotatable bonds is 7. The molecule has 0 aliphatic rings. The van der Waals surface area contributed by atoms with Crippen molar-refractivity contribution in [2.45, 2.75) is 77.1 Å². The number of carbonyl (C=O) groups excluding carboxylic acids is 1. The average molecular weight is 305 g/mol. The van der Waals surface area contributed by atoms with Crippen molar-refractivity contribution in [1.29, 1.82) is 0 Å². The van der Waals surface area contributed by atoms with E-state index in [9.17, 15) is 4.79 Å². The number of hydrogen-bond donors (Lipinski definition) is 0. The van der Waals surface area contributed by atoms with Crippen LogP contribution in [0.5, 0.6) is 0 Å². The maximum Gasteiger partial charge on any atom is 0.133 e. The number of benzene rings is 1. The molecule has 1 aromatic rings. The van der Waals surface area contributed by atoms with Gasteiger partial charge in [0.2, 0.25) is 0 Å². The van der Waals surface area contributed by atoms with E-state index in [-0.39, 0.29) is 10.6 Å². The van der Waals surface area contributed by atoms with Crippen LogP contribution in [-0.2, 0) is 11.2 Å². The lowest BCUT2D eigenvalue weighted by Gasteiger charge is -2.43. The van der Waals surface area contributed by atoms with Crippen molar-refractivity contribution >= 4 is 13.9 Å². The lowest BCUT2D eigenvalue weighted by atomic mass is 10.0. The lowest BCUT2D eigenvalue weighted by Crippen LogP contribution is -2.45. The maximum atomic E-state index is 12.7. The molecule has 0 aliphatic carbocycles. The second-order valence-electron chi connectivity index (χ2n) is 7.76. The molecule has 1 nitrogen and oxygen atoms in total. The van der Waals surface area contributed by atoms with Gasteiger partial charge in [0, 0.05) is 12.0 Å². The number of hydrogen-bond acceptors (Lipinski definition) is 1. The Labute approximate surface area is 132 Å². The summed E-state index contributed by atoms with van der Waals surface area (Å²) in [6, 6.07) is 10.6. The zero-order valence-corrected chi connectivity index (χ0v) is 15.7. The topological polar surface area (TPSA) is 17.1 Å². The van der Waals surface area contributed by atoms with Crippen molar-refractivity contribution in [3.05, 3.63) is 35.9 Å². The van der Waals surface area contributed by atoms with Crippen molar-refractivity contribution in [1.82, 2.24) is 0 Å². The molecule has 0 amide bonds. The van der Waals surface area contributed by atoms with Gasteiger partial charge >= 0.3 is 0 Å². The Morgan fingerprint density at radius 2 is 1.71 bits per heavy atom. The molecule has 0 spiro atoms. The zero-order valence-electron chi connectivity index (χ0n) is 14.7. The van der Waals surface area contributed by atoms with Crippen molar-refractivity contribution in [3.8, 4) is 0 Å². The van der Waals surface area contributed by atoms with Gasteiger partial charge in [-0.15, -0.1) is 0 Å². The first kappa shape index (κ1) is 18.2. The summed E-state index contributed by atoms with van der Waals surface area (Å²) in [6.45, 7) is 13.8. The summed E-state index contributed by atoms with van der Waals surface area (Å²) in [7, 11) is -1.64. The van der Waals surface area contributed by atoms with E-state index in [0.29, 0.717) is 5.78 Å². The average Bonchev–Trinajstić information content (AvgIpc) is 2.39. The van der Waals surface area contributed by atoms with E-state index in [0.717, 1.165) is 25.7 Å². The SMILES string of the molecule is CCCC(=O)[C@H](CCc1ccccc1)[Si](C)(C)C(C)(C)C. The predicted molar refractivity (Wildman–Crippen MR) is 95.6 cm³/mol. The van der Waals surface area contributed by atoms with Gasteiger partial charge in [-0.3, -0.25) is 4.79 Å². The monoisotopic (exact) mass is 304 g/mol. The number of ketones is 1. The van der Waals surface area contributed by atoms with E-state index in [1.54, 1.807) is 0 Å². The van der Waals surface area contributed by atoms with Gasteiger partial charge in [0.15, 0.2) is 0 Å². The van der Waals surface area contributed by atoms with Gasteiger partial charge in [0.25, 0.3) is 0 Å². The summed E-state index contributed by atoms with van der Waals surface area (Å²) in [4.78, 5) is 12.7. The molecule has 0 aliphatic heterocycles. The third-order valence-corrected chi connectivity index (χ3v) is 11.5. The van der Waals surface area contributed by atoms with Gasteiger partial charge in [-0.25, -0.2) is 0 Å². The Balaban J connectivity index is 2.90. The minimum Gasteiger partial charge on any atom is -0.300 e. The summed E-state index contributed by atoms with van der Waals surface area (Å²) < 4.78 is 0. The van der Waals surface area contributed by atoms with Crippen molar-refractivity contribution < 1.29 is 4.79 Å². The van der Waals surface area contributed by atoms with Crippen LogP contribution in [0.2, 0.25) is 23.7 Å². The standard InChI is InChI=1S/C19H32OSi/c1-7-11-17(20)18(21(5,6)19(2,3)4)15-14-16-12-9-8-10-13-16/h8-10,12-13,18H,7,11,14-15H2,1-6H3/t18-/m0/s1. The molecule has 0 saturated heterocycles. The number of Topliss-reactive ketones (excluding diaryl/α,β-unsaturated/α-hetero) is 1. The highest BCUT2D eigenvalue weighted by molar-refractivity contribution is 6.84. The normalized spacial score (nSPS) is 14.0. The predicted octanol–water partition coefficient (Wildman–Crippen LogP) is 5.87. The summed E-state index contributed by atoms with van der Waals surface area (Å²) in [6.07, 6.45) is 3.74. The van der Waals surface area contributed by atoms with E-state index in [2.05, 4.69) is 71.1 Å². The Morgan fingerprint density at radius 3 is 2.19 bits per heavy atom. The molecule has 0 N–H and O–H groups in total. The Hall–Kier alpha value is -0.893.